The van der Waals surface area contributed by atoms with Gasteiger partial charge in [-0.2, -0.15) is 0 Å². The summed E-state index contributed by atoms with van der Waals surface area (Å²) >= 11 is 0. The van der Waals surface area contributed by atoms with Crippen LogP contribution in [0.2, 0.25) is 0 Å². The molecule has 0 unspecified atom stereocenters. The SMILES string of the molecule is COc1ccc(CN2CCC(NCc3ccccc3)CC2)cn1. The van der Waals surface area contributed by atoms with Gasteiger partial charge in [0, 0.05) is 31.4 Å². The van der Waals surface area contributed by atoms with Crippen molar-refractivity contribution in [1.29, 1.82) is 0 Å². The molecule has 0 saturated carbocycles. The van der Waals surface area contributed by atoms with E-state index in [9.17, 15) is 0 Å². The predicted octanol–water partition coefficient (Wildman–Crippen LogP) is 2.84. The number of hydrogen-bond donors (Lipinski definition) is 1. The third-order valence-electron chi connectivity index (χ3n) is 4.44. The van der Waals surface area contributed by atoms with Crippen molar-refractivity contribution in [2.24, 2.45) is 0 Å². The van der Waals surface area contributed by atoms with Crippen LogP contribution in [0.1, 0.15) is 24.0 Å². The Labute approximate surface area is 138 Å². The summed E-state index contributed by atoms with van der Waals surface area (Å²) < 4.78 is 5.10. The summed E-state index contributed by atoms with van der Waals surface area (Å²) in [6.07, 6.45) is 4.32. The van der Waals surface area contributed by atoms with Gasteiger partial charge < -0.3 is 10.1 Å². The summed E-state index contributed by atoms with van der Waals surface area (Å²) in [7, 11) is 1.65. The Hall–Kier alpha value is -1.91. The smallest absolute Gasteiger partial charge is 0.212 e. The van der Waals surface area contributed by atoms with Crippen LogP contribution in [0.4, 0.5) is 0 Å². The molecule has 1 aromatic carbocycles. The number of aromatic nitrogens is 1. The molecule has 1 aliphatic heterocycles. The van der Waals surface area contributed by atoms with Crippen LogP contribution in [0, 0.1) is 0 Å². The summed E-state index contributed by atoms with van der Waals surface area (Å²) in [5, 5.41) is 3.68. The first-order valence-electron chi connectivity index (χ1n) is 8.32. The minimum Gasteiger partial charge on any atom is -0.481 e. The van der Waals surface area contributed by atoms with Crippen molar-refractivity contribution in [3.63, 3.8) is 0 Å². The fourth-order valence-corrected chi connectivity index (χ4v) is 3.04. The van der Waals surface area contributed by atoms with Crippen LogP contribution in [-0.2, 0) is 13.1 Å². The molecule has 4 nitrogen and oxygen atoms in total. The molecule has 0 amide bonds. The summed E-state index contributed by atoms with van der Waals surface area (Å²) in [6.45, 7) is 4.22. The van der Waals surface area contributed by atoms with Crippen molar-refractivity contribution in [2.75, 3.05) is 20.2 Å². The molecule has 0 atom stereocenters. The van der Waals surface area contributed by atoms with E-state index in [-0.39, 0.29) is 0 Å². The van der Waals surface area contributed by atoms with Crippen LogP contribution in [0.3, 0.4) is 0 Å². The van der Waals surface area contributed by atoms with Crippen LogP contribution in [0.15, 0.2) is 48.7 Å². The standard InChI is InChI=1S/C19H25N3O/c1-23-19-8-7-17(14-21-19)15-22-11-9-18(10-12-22)20-13-16-5-3-2-4-6-16/h2-8,14,18,20H,9-13,15H2,1H3. The number of nitrogens with one attached hydrogen (secondary N) is 1. The van der Waals surface area contributed by atoms with Crippen molar-refractivity contribution in [2.45, 2.75) is 32.0 Å². The molecule has 0 radical (unpaired) electrons. The van der Waals surface area contributed by atoms with Crippen LogP contribution in [0.5, 0.6) is 5.88 Å². The predicted molar refractivity (Wildman–Crippen MR) is 92.4 cm³/mol. The van der Waals surface area contributed by atoms with Crippen LogP contribution in [0.25, 0.3) is 0 Å². The maximum Gasteiger partial charge on any atom is 0.212 e. The summed E-state index contributed by atoms with van der Waals surface area (Å²) in [5.41, 5.74) is 2.61. The second-order valence-corrected chi connectivity index (χ2v) is 6.13. The Bertz CT molecular complexity index is 577. The number of ether oxygens (including phenoxy) is 1. The molecule has 2 heterocycles. The summed E-state index contributed by atoms with van der Waals surface area (Å²) in [6, 6.07) is 15.3. The van der Waals surface area contributed by atoms with Crippen molar-refractivity contribution < 1.29 is 4.74 Å². The average molecular weight is 311 g/mol. The van der Waals surface area contributed by atoms with E-state index in [1.165, 1.54) is 24.0 Å². The van der Waals surface area contributed by atoms with Gasteiger partial charge >= 0.3 is 0 Å². The zero-order chi connectivity index (χ0) is 15.9. The molecule has 0 aliphatic carbocycles. The summed E-state index contributed by atoms with van der Waals surface area (Å²) in [5.74, 6) is 0.678. The van der Waals surface area contributed by atoms with Crippen LogP contribution >= 0.6 is 0 Å². The number of benzene rings is 1. The van der Waals surface area contributed by atoms with E-state index in [4.69, 9.17) is 4.74 Å². The molecule has 3 rings (SSSR count). The third-order valence-corrected chi connectivity index (χ3v) is 4.44. The largest absolute Gasteiger partial charge is 0.481 e. The number of methoxy groups -OCH3 is 1. The van der Waals surface area contributed by atoms with E-state index in [1.807, 2.05) is 12.3 Å². The third kappa shape index (κ3) is 4.78. The first-order chi connectivity index (χ1) is 11.3. The lowest BCUT2D eigenvalue weighted by Gasteiger charge is -2.32. The number of piperidine rings is 1. The van der Waals surface area contributed by atoms with Crippen molar-refractivity contribution in [3.8, 4) is 5.88 Å². The molecule has 0 bridgehead atoms. The van der Waals surface area contributed by atoms with Crippen molar-refractivity contribution in [3.05, 3.63) is 59.8 Å². The number of likely N-dealkylation sites (tertiary alicyclic amines) is 1. The fourth-order valence-electron chi connectivity index (χ4n) is 3.04. The van der Waals surface area contributed by atoms with Gasteiger partial charge in [0.25, 0.3) is 0 Å². The molecule has 1 saturated heterocycles. The van der Waals surface area contributed by atoms with E-state index in [1.54, 1.807) is 7.11 Å². The monoisotopic (exact) mass is 311 g/mol. The molecule has 0 spiro atoms. The Balaban J connectivity index is 1.41. The van der Waals surface area contributed by atoms with Crippen LogP contribution < -0.4 is 10.1 Å². The lowest BCUT2D eigenvalue weighted by atomic mass is 10.0. The van der Waals surface area contributed by atoms with E-state index >= 15 is 0 Å². The Morgan fingerprint density at radius 1 is 1.09 bits per heavy atom. The van der Waals surface area contributed by atoms with Gasteiger partial charge in [0.15, 0.2) is 0 Å². The van der Waals surface area contributed by atoms with Gasteiger partial charge in [-0.25, -0.2) is 4.98 Å². The second-order valence-electron chi connectivity index (χ2n) is 6.13. The van der Waals surface area contributed by atoms with E-state index in [0.717, 1.165) is 26.2 Å². The highest BCUT2D eigenvalue weighted by molar-refractivity contribution is 5.18. The van der Waals surface area contributed by atoms with Crippen LogP contribution in [-0.4, -0.2) is 36.1 Å². The zero-order valence-corrected chi connectivity index (χ0v) is 13.7. The average Bonchev–Trinajstić information content (AvgIpc) is 2.63. The highest BCUT2D eigenvalue weighted by Gasteiger charge is 2.18. The van der Waals surface area contributed by atoms with Gasteiger partial charge in [0.2, 0.25) is 5.88 Å². The summed E-state index contributed by atoms with van der Waals surface area (Å²) in [4.78, 5) is 6.78. The molecule has 1 aromatic heterocycles. The van der Waals surface area contributed by atoms with E-state index in [2.05, 4.69) is 51.6 Å². The van der Waals surface area contributed by atoms with E-state index < -0.39 is 0 Å². The maximum atomic E-state index is 5.10. The molecular formula is C19H25N3O. The topological polar surface area (TPSA) is 37.4 Å². The molecular weight excluding hydrogens is 286 g/mol. The van der Waals surface area contributed by atoms with Gasteiger partial charge in [-0.3, -0.25) is 4.90 Å². The zero-order valence-electron chi connectivity index (χ0n) is 13.7. The normalized spacial score (nSPS) is 16.4. The maximum absolute atomic E-state index is 5.10. The molecule has 122 valence electrons. The number of nitrogens with zero attached hydrogens (tertiary/aromatic N) is 2. The highest BCUT2D eigenvalue weighted by atomic mass is 16.5. The molecule has 1 aliphatic rings. The van der Waals surface area contributed by atoms with Gasteiger partial charge in [-0.15, -0.1) is 0 Å². The quantitative estimate of drug-likeness (QED) is 0.890. The first kappa shape index (κ1) is 16.0. The molecule has 4 heteroatoms. The lowest BCUT2D eigenvalue weighted by Crippen LogP contribution is -2.41. The van der Waals surface area contributed by atoms with Gasteiger partial charge in [-0.1, -0.05) is 36.4 Å². The van der Waals surface area contributed by atoms with Crippen molar-refractivity contribution >= 4 is 0 Å². The number of hydrogen-bond acceptors (Lipinski definition) is 4. The number of pyridine rings is 1. The van der Waals surface area contributed by atoms with Crippen molar-refractivity contribution in [1.82, 2.24) is 15.2 Å². The number of rotatable bonds is 6. The Morgan fingerprint density at radius 2 is 1.87 bits per heavy atom. The minimum absolute atomic E-state index is 0.625. The van der Waals surface area contributed by atoms with Gasteiger partial charge in [0.05, 0.1) is 7.11 Å². The Kier molecular flexibility index (Phi) is 5.61. The molecule has 23 heavy (non-hydrogen) atoms. The molecule has 1 N–H and O–H groups in total. The lowest BCUT2D eigenvalue weighted by molar-refractivity contribution is 0.190. The van der Waals surface area contributed by atoms with E-state index in [0.29, 0.717) is 11.9 Å². The molecule has 2 aromatic rings. The molecule has 1 fully saturated rings. The van der Waals surface area contributed by atoms with Gasteiger partial charge in [0.1, 0.15) is 0 Å². The minimum atomic E-state index is 0.625. The fraction of sp³-hybridized carbons (Fsp3) is 0.421. The van der Waals surface area contributed by atoms with Gasteiger partial charge in [-0.05, 0) is 37.1 Å². The first-order valence-corrected chi connectivity index (χ1v) is 8.32. The highest BCUT2D eigenvalue weighted by Crippen LogP contribution is 2.15. The second kappa shape index (κ2) is 8.09. The Morgan fingerprint density at radius 3 is 2.52 bits per heavy atom.